The molecule has 158 valence electrons. The molecule has 2 heterocycles. The molecule has 0 atom stereocenters. The fraction of sp³-hybridized carbons (Fsp3) is 0.240. The highest BCUT2D eigenvalue weighted by Crippen LogP contribution is 2.19. The molecule has 6 heteroatoms. The number of amides is 2. The highest BCUT2D eigenvalue weighted by Gasteiger charge is 2.24. The van der Waals surface area contributed by atoms with E-state index in [1.54, 1.807) is 24.5 Å². The lowest BCUT2D eigenvalue weighted by Gasteiger charge is -2.32. The molecule has 0 aliphatic carbocycles. The molecule has 0 unspecified atom stereocenters. The largest absolute Gasteiger partial charge is 0.346 e. The summed E-state index contributed by atoms with van der Waals surface area (Å²) >= 11 is 0. The van der Waals surface area contributed by atoms with Crippen molar-refractivity contribution < 1.29 is 14.5 Å². The maximum absolute atomic E-state index is 12.9. The number of quaternary nitrogens is 1. The first kappa shape index (κ1) is 20.8. The molecule has 1 fully saturated rings. The summed E-state index contributed by atoms with van der Waals surface area (Å²) in [5, 5.41) is 2.96. The summed E-state index contributed by atoms with van der Waals surface area (Å²) in [4.78, 5) is 32.2. The van der Waals surface area contributed by atoms with E-state index in [1.165, 1.54) is 4.90 Å². The summed E-state index contributed by atoms with van der Waals surface area (Å²) < 4.78 is 0. The van der Waals surface area contributed by atoms with Crippen molar-refractivity contribution in [2.45, 2.75) is 0 Å². The summed E-state index contributed by atoms with van der Waals surface area (Å²) in [5.41, 5.74) is 3.61. The Labute approximate surface area is 182 Å². The third-order valence-electron chi connectivity index (χ3n) is 5.70. The van der Waals surface area contributed by atoms with E-state index in [0.29, 0.717) is 12.1 Å². The summed E-state index contributed by atoms with van der Waals surface area (Å²) in [6, 6.07) is 21.4. The molecule has 0 spiro atoms. The van der Waals surface area contributed by atoms with Gasteiger partial charge in [-0.3, -0.25) is 14.6 Å². The number of hydrogen-bond acceptors (Lipinski definition) is 3. The van der Waals surface area contributed by atoms with Gasteiger partial charge in [0.25, 0.3) is 11.8 Å². The second kappa shape index (κ2) is 10.00. The monoisotopic (exact) mass is 415 g/mol. The minimum atomic E-state index is -0.0745. The Morgan fingerprint density at radius 3 is 2.16 bits per heavy atom. The number of nitrogens with zero attached hydrogens (tertiary/aromatic N) is 2. The Morgan fingerprint density at radius 2 is 1.48 bits per heavy atom. The molecule has 1 aliphatic heterocycles. The summed E-state index contributed by atoms with van der Waals surface area (Å²) in [5.74, 6) is 0.0132. The Bertz CT molecular complexity index is 999. The van der Waals surface area contributed by atoms with Crippen molar-refractivity contribution in [1.82, 2.24) is 15.2 Å². The van der Waals surface area contributed by atoms with Crippen molar-refractivity contribution in [3.63, 3.8) is 0 Å². The molecule has 2 N–H and O–H groups in total. The number of aromatic nitrogens is 1. The van der Waals surface area contributed by atoms with Crippen molar-refractivity contribution in [3.8, 4) is 11.1 Å². The molecule has 6 nitrogen and oxygen atoms in total. The van der Waals surface area contributed by atoms with Gasteiger partial charge in [0, 0.05) is 23.5 Å². The topological polar surface area (TPSA) is 66.7 Å². The van der Waals surface area contributed by atoms with Gasteiger partial charge in [-0.1, -0.05) is 42.5 Å². The van der Waals surface area contributed by atoms with Gasteiger partial charge in [-0.15, -0.1) is 0 Å². The van der Waals surface area contributed by atoms with E-state index in [0.717, 1.165) is 49.4 Å². The molecular weight excluding hydrogens is 388 g/mol. The Balaban J connectivity index is 1.23. The SMILES string of the molecule is O=C(NCC[NH+]1CCN(C(=O)c2ccc(-c3ccccc3)cc2)CC1)c1ccncc1. The van der Waals surface area contributed by atoms with Crippen LogP contribution < -0.4 is 10.2 Å². The lowest BCUT2D eigenvalue weighted by Crippen LogP contribution is -3.15. The van der Waals surface area contributed by atoms with Crippen LogP contribution in [0.25, 0.3) is 11.1 Å². The van der Waals surface area contributed by atoms with Crippen LogP contribution in [0.5, 0.6) is 0 Å². The first-order valence-corrected chi connectivity index (χ1v) is 10.7. The second-order valence-corrected chi connectivity index (χ2v) is 7.73. The summed E-state index contributed by atoms with van der Waals surface area (Å²) in [6.45, 7) is 4.70. The van der Waals surface area contributed by atoms with E-state index in [4.69, 9.17) is 0 Å². The third-order valence-corrected chi connectivity index (χ3v) is 5.70. The van der Waals surface area contributed by atoms with E-state index < -0.39 is 0 Å². The molecule has 1 aliphatic rings. The number of piperazine rings is 1. The fourth-order valence-electron chi connectivity index (χ4n) is 3.85. The minimum absolute atomic E-state index is 0.0745. The highest BCUT2D eigenvalue weighted by molar-refractivity contribution is 5.95. The molecule has 31 heavy (non-hydrogen) atoms. The molecule has 2 aromatic carbocycles. The zero-order valence-corrected chi connectivity index (χ0v) is 17.5. The lowest BCUT2D eigenvalue weighted by atomic mass is 10.0. The predicted molar refractivity (Wildman–Crippen MR) is 120 cm³/mol. The van der Waals surface area contributed by atoms with E-state index >= 15 is 0 Å². The quantitative estimate of drug-likeness (QED) is 0.642. The maximum Gasteiger partial charge on any atom is 0.254 e. The fourth-order valence-corrected chi connectivity index (χ4v) is 3.85. The van der Waals surface area contributed by atoms with Crippen LogP contribution in [0.3, 0.4) is 0 Å². The van der Waals surface area contributed by atoms with Crippen LogP contribution in [0, 0.1) is 0 Å². The van der Waals surface area contributed by atoms with Crippen LogP contribution in [0.15, 0.2) is 79.1 Å². The lowest BCUT2D eigenvalue weighted by molar-refractivity contribution is -0.902. The average Bonchev–Trinajstić information content (AvgIpc) is 2.85. The average molecular weight is 416 g/mol. The standard InChI is InChI=1S/C25H26N4O2/c30-24(22-10-12-26-13-11-22)27-14-15-28-16-18-29(19-17-28)25(31)23-8-6-21(7-9-23)20-4-2-1-3-5-20/h1-13H,14-19H2,(H,27,30)/p+1. The molecule has 4 rings (SSSR count). The second-order valence-electron chi connectivity index (χ2n) is 7.73. The van der Waals surface area contributed by atoms with Crippen molar-refractivity contribution in [3.05, 3.63) is 90.3 Å². The van der Waals surface area contributed by atoms with Gasteiger partial charge in [-0.25, -0.2) is 0 Å². The molecule has 2 amide bonds. The minimum Gasteiger partial charge on any atom is -0.346 e. The van der Waals surface area contributed by atoms with Crippen molar-refractivity contribution in [2.24, 2.45) is 0 Å². The number of benzene rings is 2. The predicted octanol–water partition coefficient (Wildman–Crippen LogP) is 1.52. The van der Waals surface area contributed by atoms with E-state index in [9.17, 15) is 9.59 Å². The van der Waals surface area contributed by atoms with Gasteiger partial charge in [-0.2, -0.15) is 0 Å². The maximum atomic E-state index is 12.9. The Hall–Kier alpha value is -3.51. The van der Waals surface area contributed by atoms with Gasteiger partial charge < -0.3 is 15.1 Å². The van der Waals surface area contributed by atoms with Crippen LogP contribution in [0.4, 0.5) is 0 Å². The molecular formula is C25H27N4O2+. The van der Waals surface area contributed by atoms with Crippen molar-refractivity contribution in [2.75, 3.05) is 39.3 Å². The molecule has 0 saturated carbocycles. The van der Waals surface area contributed by atoms with Gasteiger partial charge in [0.2, 0.25) is 0 Å². The number of hydrogen-bond donors (Lipinski definition) is 2. The highest BCUT2D eigenvalue weighted by atomic mass is 16.2. The molecule has 3 aromatic rings. The van der Waals surface area contributed by atoms with Gasteiger partial charge in [0.05, 0.1) is 39.3 Å². The van der Waals surface area contributed by atoms with Crippen molar-refractivity contribution in [1.29, 1.82) is 0 Å². The summed E-state index contributed by atoms with van der Waals surface area (Å²) in [7, 11) is 0. The number of rotatable bonds is 6. The zero-order chi connectivity index (χ0) is 21.5. The number of carbonyl (C=O) groups excluding carboxylic acids is 2. The van der Waals surface area contributed by atoms with Crippen LogP contribution in [-0.4, -0.2) is 61.0 Å². The van der Waals surface area contributed by atoms with Crippen LogP contribution >= 0.6 is 0 Å². The van der Waals surface area contributed by atoms with E-state index in [1.807, 2.05) is 47.4 Å². The first-order chi connectivity index (χ1) is 15.2. The van der Waals surface area contributed by atoms with Gasteiger partial charge in [-0.05, 0) is 35.4 Å². The number of nitrogens with one attached hydrogen (secondary N) is 2. The normalized spacial score (nSPS) is 14.3. The Kier molecular flexibility index (Phi) is 6.69. The van der Waals surface area contributed by atoms with E-state index in [-0.39, 0.29) is 11.8 Å². The van der Waals surface area contributed by atoms with Crippen molar-refractivity contribution >= 4 is 11.8 Å². The molecule has 0 radical (unpaired) electrons. The molecule has 0 bridgehead atoms. The van der Waals surface area contributed by atoms with Gasteiger partial charge >= 0.3 is 0 Å². The Morgan fingerprint density at radius 1 is 0.839 bits per heavy atom. The van der Waals surface area contributed by atoms with E-state index in [2.05, 4.69) is 22.4 Å². The number of pyridine rings is 1. The summed E-state index contributed by atoms with van der Waals surface area (Å²) in [6.07, 6.45) is 3.23. The molecule has 1 saturated heterocycles. The van der Waals surface area contributed by atoms with Gasteiger partial charge in [0.1, 0.15) is 0 Å². The molecule has 1 aromatic heterocycles. The van der Waals surface area contributed by atoms with Crippen LogP contribution in [0.1, 0.15) is 20.7 Å². The van der Waals surface area contributed by atoms with Crippen LogP contribution in [-0.2, 0) is 0 Å². The van der Waals surface area contributed by atoms with Crippen LogP contribution in [0.2, 0.25) is 0 Å². The third kappa shape index (κ3) is 5.35. The zero-order valence-electron chi connectivity index (χ0n) is 17.5. The number of carbonyl (C=O) groups is 2. The smallest absolute Gasteiger partial charge is 0.254 e. The first-order valence-electron chi connectivity index (χ1n) is 10.7. The van der Waals surface area contributed by atoms with Gasteiger partial charge in [0.15, 0.2) is 0 Å².